The Morgan fingerprint density at radius 1 is 1.14 bits per heavy atom. The van der Waals surface area contributed by atoms with E-state index in [1.807, 2.05) is 52.6 Å². The van der Waals surface area contributed by atoms with Crippen LogP contribution in [-0.4, -0.2) is 52.9 Å². The molecule has 0 saturated carbocycles. The summed E-state index contributed by atoms with van der Waals surface area (Å²) in [6, 6.07) is 9.06. The zero-order valence-electron chi connectivity index (χ0n) is 16.6. The van der Waals surface area contributed by atoms with Crippen LogP contribution in [-0.2, 0) is 16.1 Å². The number of benzene rings is 1. The summed E-state index contributed by atoms with van der Waals surface area (Å²) in [5.41, 5.74) is 1.61. The van der Waals surface area contributed by atoms with Crippen LogP contribution in [0.25, 0.3) is 10.9 Å². The monoisotopic (exact) mass is 381 g/mol. The topological polar surface area (TPSA) is 62.6 Å². The molecule has 0 unspecified atom stereocenters. The number of amides is 2. The lowest BCUT2D eigenvalue weighted by Gasteiger charge is -2.47. The molecule has 2 aliphatic rings. The van der Waals surface area contributed by atoms with Crippen molar-refractivity contribution in [3.63, 3.8) is 0 Å². The van der Waals surface area contributed by atoms with Crippen LogP contribution in [0.15, 0.2) is 35.1 Å². The fourth-order valence-electron chi connectivity index (χ4n) is 4.89. The van der Waals surface area contributed by atoms with Gasteiger partial charge < -0.3 is 14.4 Å². The summed E-state index contributed by atoms with van der Waals surface area (Å²) in [6.45, 7) is 4.31. The molecule has 1 aromatic carbocycles. The molecule has 1 atom stereocenters. The Bertz CT molecular complexity index is 996. The number of nitrogens with zero attached hydrogens (tertiary/aromatic N) is 3. The summed E-state index contributed by atoms with van der Waals surface area (Å²) in [5.74, 6) is 0.278. The number of rotatable bonds is 2. The van der Waals surface area contributed by atoms with Gasteiger partial charge in [0, 0.05) is 55.7 Å². The van der Waals surface area contributed by atoms with Gasteiger partial charge in [0.25, 0.3) is 0 Å². The lowest BCUT2D eigenvalue weighted by atomic mass is 9.73. The number of aryl methyl sites for hydroxylation is 1. The molecule has 4 rings (SSSR count). The van der Waals surface area contributed by atoms with E-state index in [2.05, 4.69) is 0 Å². The molecular formula is C22H27N3O3. The molecule has 3 heterocycles. The SMILES string of the molecule is Cc1cc(=O)c2ccccc2n1CC(=O)N1CCC[C@@]2(CCC(=O)N(C)C2)C1. The van der Waals surface area contributed by atoms with Crippen molar-refractivity contribution in [3.05, 3.63) is 46.2 Å². The number of hydrogen-bond donors (Lipinski definition) is 0. The number of pyridine rings is 1. The predicted octanol–water partition coefficient (Wildman–Crippen LogP) is 2.17. The van der Waals surface area contributed by atoms with Crippen LogP contribution in [0, 0.1) is 12.3 Å². The van der Waals surface area contributed by atoms with Crippen LogP contribution in [0.4, 0.5) is 0 Å². The first-order valence-electron chi connectivity index (χ1n) is 9.99. The summed E-state index contributed by atoms with van der Waals surface area (Å²) in [7, 11) is 1.86. The first kappa shape index (κ1) is 18.7. The first-order valence-corrected chi connectivity index (χ1v) is 9.99. The largest absolute Gasteiger partial charge is 0.345 e. The van der Waals surface area contributed by atoms with Crippen molar-refractivity contribution in [2.24, 2.45) is 5.41 Å². The molecule has 2 aliphatic heterocycles. The fraction of sp³-hybridized carbons (Fsp3) is 0.500. The number of aromatic nitrogens is 1. The van der Waals surface area contributed by atoms with Crippen LogP contribution in [0.5, 0.6) is 0 Å². The van der Waals surface area contributed by atoms with E-state index in [1.165, 1.54) is 0 Å². The molecule has 0 radical (unpaired) electrons. The van der Waals surface area contributed by atoms with Crippen molar-refractivity contribution in [2.75, 3.05) is 26.7 Å². The second kappa shape index (κ2) is 7.08. The smallest absolute Gasteiger partial charge is 0.242 e. The number of piperidine rings is 2. The molecule has 6 nitrogen and oxygen atoms in total. The molecule has 28 heavy (non-hydrogen) atoms. The molecule has 0 bridgehead atoms. The van der Waals surface area contributed by atoms with E-state index in [0.717, 1.165) is 43.6 Å². The lowest BCUT2D eigenvalue weighted by molar-refractivity contribution is -0.141. The number of likely N-dealkylation sites (tertiary alicyclic amines) is 2. The van der Waals surface area contributed by atoms with Gasteiger partial charge in [-0.25, -0.2) is 0 Å². The van der Waals surface area contributed by atoms with E-state index in [9.17, 15) is 14.4 Å². The van der Waals surface area contributed by atoms with Crippen molar-refractivity contribution in [3.8, 4) is 0 Å². The molecule has 2 aromatic rings. The third-order valence-electron chi connectivity index (χ3n) is 6.40. The Morgan fingerprint density at radius 2 is 1.93 bits per heavy atom. The highest BCUT2D eigenvalue weighted by Gasteiger charge is 2.41. The minimum atomic E-state index is -0.0105. The maximum atomic E-state index is 13.2. The summed E-state index contributed by atoms with van der Waals surface area (Å²) in [4.78, 5) is 41.1. The lowest BCUT2D eigenvalue weighted by Crippen LogP contribution is -2.54. The van der Waals surface area contributed by atoms with E-state index in [1.54, 1.807) is 6.07 Å². The zero-order chi connectivity index (χ0) is 19.9. The summed E-state index contributed by atoms with van der Waals surface area (Å²) in [5, 5.41) is 0.642. The Labute approximate surface area is 164 Å². The van der Waals surface area contributed by atoms with E-state index in [0.29, 0.717) is 18.4 Å². The Hall–Kier alpha value is -2.63. The van der Waals surface area contributed by atoms with E-state index >= 15 is 0 Å². The average molecular weight is 381 g/mol. The number of hydrogen-bond acceptors (Lipinski definition) is 3. The van der Waals surface area contributed by atoms with E-state index < -0.39 is 0 Å². The number of carbonyl (C=O) groups is 2. The second-order valence-corrected chi connectivity index (χ2v) is 8.42. The highest BCUT2D eigenvalue weighted by Crippen LogP contribution is 2.38. The minimum absolute atomic E-state index is 0.0105. The van der Waals surface area contributed by atoms with Gasteiger partial charge in [-0.05, 0) is 38.3 Å². The zero-order valence-corrected chi connectivity index (χ0v) is 16.6. The molecule has 2 amide bonds. The second-order valence-electron chi connectivity index (χ2n) is 8.42. The number of para-hydroxylation sites is 1. The normalized spacial score (nSPS) is 22.9. The Balaban J connectivity index is 1.57. The van der Waals surface area contributed by atoms with Gasteiger partial charge in [-0.3, -0.25) is 14.4 Å². The van der Waals surface area contributed by atoms with Crippen molar-refractivity contribution in [1.29, 1.82) is 0 Å². The van der Waals surface area contributed by atoms with Crippen LogP contribution >= 0.6 is 0 Å². The highest BCUT2D eigenvalue weighted by molar-refractivity contribution is 5.83. The first-order chi connectivity index (χ1) is 13.4. The average Bonchev–Trinajstić information content (AvgIpc) is 2.68. The van der Waals surface area contributed by atoms with E-state index in [-0.39, 0.29) is 29.2 Å². The molecule has 2 saturated heterocycles. The molecule has 1 aromatic heterocycles. The molecule has 0 aliphatic carbocycles. The maximum Gasteiger partial charge on any atom is 0.242 e. The van der Waals surface area contributed by atoms with Gasteiger partial charge in [0.05, 0.1) is 5.52 Å². The number of fused-ring (bicyclic) bond motifs is 1. The van der Waals surface area contributed by atoms with Crippen molar-refractivity contribution in [1.82, 2.24) is 14.4 Å². The molecule has 1 spiro atoms. The van der Waals surface area contributed by atoms with Crippen molar-refractivity contribution < 1.29 is 9.59 Å². The van der Waals surface area contributed by atoms with Gasteiger partial charge in [0.1, 0.15) is 6.54 Å². The van der Waals surface area contributed by atoms with Gasteiger partial charge in [0.2, 0.25) is 11.8 Å². The van der Waals surface area contributed by atoms with Crippen molar-refractivity contribution >= 4 is 22.7 Å². The third kappa shape index (κ3) is 3.32. The predicted molar refractivity (Wildman–Crippen MR) is 108 cm³/mol. The van der Waals surface area contributed by atoms with E-state index in [4.69, 9.17) is 0 Å². The molecule has 0 N–H and O–H groups in total. The molecular weight excluding hydrogens is 354 g/mol. The standard InChI is InChI=1S/C22H27N3O3/c1-16-12-19(26)17-6-3-4-7-18(17)25(16)13-21(28)24-11-5-9-22(15-24)10-8-20(27)23(2)14-22/h3-4,6-7,12H,5,8-11,13-15H2,1-2H3/t22-/m0/s1. The van der Waals surface area contributed by atoms with Gasteiger partial charge >= 0.3 is 0 Å². The number of carbonyl (C=O) groups excluding carboxylic acids is 2. The molecule has 2 fully saturated rings. The van der Waals surface area contributed by atoms with Crippen LogP contribution in [0.2, 0.25) is 0 Å². The Kier molecular flexibility index (Phi) is 4.73. The summed E-state index contributed by atoms with van der Waals surface area (Å²) in [6.07, 6.45) is 3.47. The highest BCUT2D eigenvalue weighted by atomic mass is 16.2. The summed E-state index contributed by atoms with van der Waals surface area (Å²) >= 11 is 0. The Morgan fingerprint density at radius 3 is 2.71 bits per heavy atom. The van der Waals surface area contributed by atoms with Gasteiger partial charge in [-0.15, -0.1) is 0 Å². The summed E-state index contributed by atoms with van der Waals surface area (Å²) < 4.78 is 1.94. The van der Waals surface area contributed by atoms with Crippen molar-refractivity contribution in [2.45, 2.75) is 39.2 Å². The van der Waals surface area contributed by atoms with Crippen LogP contribution < -0.4 is 5.43 Å². The van der Waals surface area contributed by atoms with Gasteiger partial charge in [0.15, 0.2) is 5.43 Å². The molecule has 6 heteroatoms. The minimum Gasteiger partial charge on any atom is -0.345 e. The van der Waals surface area contributed by atoms with Gasteiger partial charge in [-0.1, -0.05) is 12.1 Å². The van der Waals surface area contributed by atoms with Crippen LogP contribution in [0.1, 0.15) is 31.4 Å². The maximum absolute atomic E-state index is 13.2. The third-order valence-corrected chi connectivity index (χ3v) is 6.40. The van der Waals surface area contributed by atoms with Crippen LogP contribution in [0.3, 0.4) is 0 Å². The van der Waals surface area contributed by atoms with Gasteiger partial charge in [-0.2, -0.15) is 0 Å². The molecule has 148 valence electrons. The fourth-order valence-corrected chi connectivity index (χ4v) is 4.89. The quantitative estimate of drug-likeness (QED) is 0.801.